The van der Waals surface area contributed by atoms with E-state index < -0.39 is 0 Å². The summed E-state index contributed by atoms with van der Waals surface area (Å²) in [6.07, 6.45) is 0.996. The Labute approximate surface area is 150 Å². The van der Waals surface area contributed by atoms with Gasteiger partial charge in [0.2, 0.25) is 0 Å². The molecule has 2 aromatic heterocycles. The Kier molecular flexibility index (Phi) is 4.63. The number of piperidine rings is 1. The van der Waals surface area contributed by atoms with Crippen molar-refractivity contribution >= 4 is 23.1 Å². The lowest BCUT2D eigenvalue weighted by molar-refractivity contribution is -0.0170. The van der Waals surface area contributed by atoms with Gasteiger partial charge in [-0.2, -0.15) is 5.10 Å². The smallest absolute Gasteiger partial charge is 0.273 e. The van der Waals surface area contributed by atoms with E-state index in [1.807, 2.05) is 24.0 Å². The lowest BCUT2D eigenvalue weighted by atomic mass is 9.93. The molecule has 0 unspecified atom stereocenters. The first kappa shape index (κ1) is 16.4. The van der Waals surface area contributed by atoms with Crippen LogP contribution in [0.2, 0.25) is 0 Å². The molecule has 2 aliphatic rings. The molecule has 4 heterocycles. The Hall–Kier alpha value is -2.06. The van der Waals surface area contributed by atoms with Gasteiger partial charge in [0.15, 0.2) is 5.82 Å². The lowest BCUT2D eigenvalue weighted by Crippen LogP contribution is -2.49. The Morgan fingerprint density at radius 1 is 1.28 bits per heavy atom. The van der Waals surface area contributed by atoms with Gasteiger partial charge < -0.3 is 14.5 Å². The van der Waals surface area contributed by atoms with Crippen LogP contribution in [0.1, 0.15) is 22.6 Å². The molecule has 0 aromatic carbocycles. The van der Waals surface area contributed by atoms with Crippen LogP contribution in [-0.2, 0) is 4.74 Å². The van der Waals surface area contributed by atoms with Crippen molar-refractivity contribution in [1.82, 2.24) is 20.1 Å². The summed E-state index contributed by atoms with van der Waals surface area (Å²) >= 11 is 1.45. The van der Waals surface area contributed by atoms with Crippen LogP contribution in [0.3, 0.4) is 0 Å². The number of fused-ring (bicyclic) bond motifs is 1. The molecule has 4 rings (SSSR count). The quantitative estimate of drug-likeness (QED) is 0.811. The van der Waals surface area contributed by atoms with Crippen LogP contribution in [0.5, 0.6) is 0 Å². The molecule has 2 atom stereocenters. The molecule has 0 aliphatic carbocycles. The highest BCUT2D eigenvalue weighted by Gasteiger charge is 2.36. The summed E-state index contributed by atoms with van der Waals surface area (Å²) in [5.74, 6) is 1.30. The van der Waals surface area contributed by atoms with Gasteiger partial charge in [-0.15, -0.1) is 16.4 Å². The van der Waals surface area contributed by atoms with E-state index >= 15 is 0 Å². The first-order valence-corrected chi connectivity index (χ1v) is 9.49. The summed E-state index contributed by atoms with van der Waals surface area (Å²) in [6.45, 7) is 5.64. The number of likely N-dealkylation sites (tertiary alicyclic amines) is 1. The fourth-order valence-electron chi connectivity index (χ4n) is 3.48. The summed E-state index contributed by atoms with van der Waals surface area (Å²) in [5.41, 5.74) is 3.15. The highest BCUT2D eigenvalue weighted by molar-refractivity contribution is 7.07. The van der Waals surface area contributed by atoms with Crippen molar-refractivity contribution in [3.8, 4) is 0 Å². The summed E-state index contributed by atoms with van der Waals surface area (Å²) in [6, 6.07) is 4.00. The van der Waals surface area contributed by atoms with Gasteiger partial charge in [-0.25, -0.2) is 4.98 Å². The van der Waals surface area contributed by atoms with Crippen molar-refractivity contribution in [2.45, 2.75) is 19.4 Å². The maximum atomic E-state index is 12.5. The standard InChI is InChI=1S/C17H21N5O2S/c1-12-2-3-16(20-19-12)21-6-7-24-15-9-22(5-4-13(15)8-21)17(23)14-10-25-11-18-14/h2-3,10-11,13,15H,4-9H2,1H3/t13-,15-/m0/s1. The van der Waals surface area contributed by atoms with Crippen LogP contribution in [0.4, 0.5) is 5.82 Å². The Bertz CT molecular complexity index is 721. The SMILES string of the molecule is Cc1ccc(N2CCO[C@H]3CN(C(=O)c4cscn4)CC[C@H]3C2)nn1. The van der Waals surface area contributed by atoms with E-state index in [0.717, 1.165) is 37.6 Å². The van der Waals surface area contributed by atoms with E-state index in [1.165, 1.54) is 11.3 Å². The number of thiazole rings is 1. The number of nitrogens with zero attached hydrogens (tertiary/aromatic N) is 5. The van der Waals surface area contributed by atoms with Gasteiger partial charge in [0, 0.05) is 37.5 Å². The minimum Gasteiger partial charge on any atom is -0.374 e. The van der Waals surface area contributed by atoms with Crippen LogP contribution in [0, 0.1) is 12.8 Å². The number of amides is 1. The molecule has 1 amide bonds. The minimum atomic E-state index is 0.00815. The van der Waals surface area contributed by atoms with E-state index in [2.05, 4.69) is 20.1 Å². The molecule has 25 heavy (non-hydrogen) atoms. The topological polar surface area (TPSA) is 71.5 Å². The Balaban J connectivity index is 1.43. The zero-order valence-electron chi connectivity index (χ0n) is 14.2. The van der Waals surface area contributed by atoms with Crippen molar-refractivity contribution < 1.29 is 9.53 Å². The molecule has 132 valence electrons. The third kappa shape index (κ3) is 3.50. The predicted molar refractivity (Wildman–Crippen MR) is 94.8 cm³/mol. The monoisotopic (exact) mass is 359 g/mol. The van der Waals surface area contributed by atoms with Gasteiger partial charge in [-0.1, -0.05) is 0 Å². The zero-order valence-corrected chi connectivity index (χ0v) is 15.0. The number of ether oxygens (including phenoxy) is 1. The third-order valence-electron chi connectivity index (χ3n) is 4.89. The summed E-state index contributed by atoms with van der Waals surface area (Å²) in [5, 5.41) is 10.3. The highest BCUT2D eigenvalue weighted by atomic mass is 32.1. The van der Waals surface area contributed by atoms with Crippen LogP contribution in [0.25, 0.3) is 0 Å². The highest BCUT2D eigenvalue weighted by Crippen LogP contribution is 2.27. The van der Waals surface area contributed by atoms with Crippen LogP contribution in [0.15, 0.2) is 23.0 Å². The van der Waals surface area contributed by atoms with E-state index in [0.29, 0.717) is 24.8 Å². The number of rotatable bonds is 2. The van der Waals surface area contributed by atoms with Crippen molar-refractivity contribution in [2.75, 3.05) is 37.7 Å². The average Bonchev–Trinajstić information content (AvgIpc) is 3.08. The Morgan fingerprint density at radius 2 is 2.20 bits per heavy atom. The molecule has 0 radical (unpaired) electrons. The number of carbonyl (C=O) groups is 1. The van der Waals surface area contributed by atoms with Crippen LogP contribution in [-0.4, -0.2) is 64.9 Å². The molecule has 2 fully saturated rings. The first-order valence-electron chi connectivity index (χ1n) is 8.55. The summed E-state index contributed by atoms with van der Waals surface area (Å²) < 4.78 is 6.08. The fraction of sp³-hybridized carbons (Fsp3) is 0.529. The second-order valence-corrected chi connectivity index (χ2v) is 7.28. The van der Waals surface area contributed by atoms with Gasteiger partial charge in [-0.3, -0.25) is 4.79 Å². The molecule has 0 bridgehead atoms. The molecule has 0 N–H and O–H groups in total. The molecule has 0 spiro atoms. The molecule has 2 aliphatic heterocycles. The van der Waals surface area contributed by atoms with Crippen LogP contribution < -0.4 is 4.90 Å². The van der Waals surface area contributed by atoms with Crippen molar-refractivity contribution in [3.63, 3.8) is 0 Å². The number of hydrogen-bond donors (Lipinski definition) is 0. The number of anilines is 1. The molecule has 7 nitrogen and oxygen atoms in total. The van der Waals surface area contributed by atoms with Crippen LogP contribution >= 0.6 is 11.3 Å². The largest absolute Gasteiger partial charge is 0.374 e. The molecule has 2 saturated heterocycles. The molecule has 0 saturated carbocycles. The predicted octanol–water partition coefficient (Wildman–Crippen LogP) is 1.61. The summed E-state index contributed by atoms with van der Waals surface area (Å²) in [7, 11) is 0. The number of carbonyl (C=O) groups excluding carboxylic acids is 1. The van der Waals surface area contributed by atoms with E-state index in [1.54, 1.807) is 10.9 Å². The number of hydrogen-bond acceptors (Lipinski definition) is 7. The van der Waals surface area contributed by atoms with E-state index in [-0.39, 0.29) is 12.0 Å². The zero-order chi connectivity index (χ0) is 17.2. The van der Waals surface area contributed by atoms with Gasteiger partial charge >= 0.3 is 0 Å². The molecular weight excluding hydrogens is 338 g/mol. The fourth-order valence-corrected chi connectivity index (χ4v) is 4.01. The van der Waals surface area contributed by atoms with E-state index in [9.17, 15) is 4.79 Å². The number of aryl methyl sites for hydroxylation is 1. The summed E-state index contributed by atoms with van der Waals surface area (Å²) in [4.78, 5) is 20.8. The molecular formula is C17H21N5O2S. The maximum Gasteiger partial charge on any atom is 0.273 e. The lowest BCUT2D eigenvalue weighted by Gasteiger charge is -2.37. The maximum absolute atomic E-state index is 12.5. The Morgan fingerprint density at radius 3 is 2.96 bits per heavy atom. The van der Waals surface area contributed by atoms with Gasteiger partial charge in [-0.05, 0) is 25.5 Å². The number of aromatic nitrogens is 3. The molecule has 8 heteroatoms. The van der Waals surface area contributed by atoms with Gasteiger partial charge in [0.1, 0.15) is 5.69 Å². The minimum absolute atomic E-state index is 0.00815. The van der Waals surface area contributed by atoms with Crippen molar-refractivity contribution in [3.05, 3.63) is 34.4 Å². The molecule has 2 aromatic rings. The van der Waals surface area contributed by atoms with Gasteiger partial charge in [0.25, 0.3) is 5.91 Å². The van der Waals surface area contributed by atoms with Crippen molar-refractivity contribution in [2.24, 2.45) is 5.92 Å². The normalized spacial score (nSPS) is 23.9. The third-order valence-corrected chi connectivity index (χ3v) is 5.48. The average molecular weight is 359 g/mol. The second-order valence-electron chi connectivity index (χ2n) is 6.56. The first-order chi connectivity index (χ1) is 12.2. The second kappa shape index (κ2) is 7.05. The van der Waals surface area contributed by atoms with Crippen molar-refractivity contribution in [1.29, 1.82) is 0 Å². The van der Waals surface area contributed by atoms with E-state index in [4.69, 9.17) is 4.74 Å². The van der Waals surface area contributed by atoms with Gasteiger partial charge in [0.05, 0.1) is 23.9 Å².